The van der Waals surface area contributed by atoms with Crippen molar-refractivity contribution in [1.82, 2.24) is 10.2 Å². The van der Waals surface area contributed by atoms with Gasteiger partial charge < -0.3 is 15.0 Å². The average molecular weight is 290 g/mol. The smallest absolute Gasteiger partial charge is 0.253 e. The third-order valence-electron chi connectivity index (χ3n) is 4.17. The van der Waals surface area contributed by atoms with Gasteiger partial charge in [0.25, 0.3) is 5.91 Å². The van der Waals surface area contributed by atoms with E-state index in [4.69, 9.17) is 4.74 Å². The van der Waals surface area contributed by atoms with E-state index in [0.29, 0.717) is 17.5 Å². The van der Waals surface area contributed by atoms with Gasteiger partial charge in [-0.1, -0.05) is 19.9 Å². The summed E-state index contributed by atoms with van der Waals surface area (Å²) in [6.45, 7) is 7.09. The highest BCUT2D eigenvalue weighted by atomic mass is 16.5. The van der Waals surface area contributed by atoms with Crippen molar-refractivity contribution in [2.45, 2.75) is 32.7 Å². The standard InChI is InChI=1S/C17H26N2O2/c1-4-9-18-16-8-10-19(12-13(16)2)17(20)14-6-5-7-15(11-14)21-3/h5-7,11,13,16,18H,4,8-10,12H2,1-3H3. The highest BCUT2D eigenvalue weighted by Gasteiger charge is 2.28. The minimum atomic E-state index is 0.106. The van der Waals surface area contributed by atoms with Crippen molar-refractivity contribution in [3.63, 3.8) is 0 Å². The summed E-state index contributed by atoms with van der Waals surface area (Å²) in [4.78, 5) is 14.5. The van der Waals surface area contributed by atoms with Crippen molar-refractivity contribution in [3.8, 4) is 5.75 Å². The van der Waals surface area contributed by atoms with Crippen molar-refractivity contribution >= 4 is 5.91 Å². The second kappa shape index (κ2) is 7.46. The number of nitrogens with zero attached hydrogens (tertiary/aromatic N) is 1. The Kier molecular flexibility index (Phi) is 5.62. The normalized spacial score (nSPS) is 22.1. The number of nitrogens with one attached hydrogen (secondary N) is 1. The highest BCUT2D eigenvalue weighted by molar-refractivity contribution is 5.94. The van der Waals surface area contributed by atoms with Crippen LogP contribution in [0.4, 0.5) is 0 Å². The molecule has 1 heterocycles. The van der Waals surface area contributed by atoms with Crippen LogP contribution in [0, 0.1) is 5.92 Å². The molecule has 2 rings (SSSR count). The van der Waals surface area contributed by atoms with E-state index < -0.39 is 0 Å². The summed E-state index contributed by atoms with van der Waals surface area (Å²) in [7, 11) is 1.62. The lowest BCUT2D eigenvalue weighted by Crippen LogP contribution is -2.50. The summed E-state index contributed by atoms with van der Waals surface area (Å²) in [5.74, 6) is 1.32. The van der Waals surface area contributed by atoms with Gasteiger partial charge in [-0.3, -0.25) is 4.79 Å². The van der Waals surface area contributed by atoms with E-state index in [2.05, 4.69) is 19.2 Å². The van der Waals surface area contributed by atoms with Crippen molar-refractivity contribution in [2.75, 3.05) is 26.7 Å². The zero-order valence-corrected chi connectivity index (χ0v) is 13.3. The third-order valence-corrected chi connectivity index (χ3v) is 4.17. The van der Waals surface area contributed by atoms with Gasteiger partial charge in [-0.2, -0.15) is 0 Å². The van der Waals surface area contributed by atoms with E-state index in [9.17, 15) is 4.79 Å². The monoisotopic (exact) mass is 290 g/mol. The number of rotatable bonds is 5. The summed E-state index contributed by atoms with van der Waals surface area (Å²) in [6.07, 6.45) is 2.17. The van der Waals surface area contributed by atoms with Gasteiger partial charge in [0.15, 0.2) is 0 Å². The number of carbonyl (C=O) groups is 1. The van der Waals surface area contributed by atoms with Crippen LogP contribution in [0.5, 0.6) is 5.75 Å². The maximum atomic E-state index is 12.6. The lowest BCUT2D eigenvalue weighted by molar-refractivity contribution is 0.0645. The summed E-state index contributed by atoms with van der Waals surface area (Å²) < 4.78 is 5.19. The van der Waals surface area contributed by atoms with E-state index in [0.717, 1.165) is 38.2 Å². The number of amides is 1. The molecule has 1 aromatic carbocycles. The molecule has 4 nitrogen and oxygen atoms in total. The van der Waals surface area contributed by atoms with Crippen molar-refractivity contribution in [1.29, 1.82) is 0 Å². The Hall–Kier alpha value is -1.55. The van der Waals surface area contributed by atoms with E-state index in [1.807, 2.05) is 29.2 Å². The summed E-state index contributed by atoms with van der Waals surface area (Å²) >= 11 is 0. The molecule has 1 aliphatic heterocycles. The quantitative estimate of drug-likeness (QED) is 0.906. The molecule has 21 heavy (non-hydrogen) atoms. The molecule has 0 aromatic heterocycles. The Balaban J connectivity index is 1.98. The predicted octanol–water partition coefficient (Wildman–Crippen LogP) is 2.55. The number of likely N-dealkylation sites (tertiary alicyclic amines) is 1. The van der Waals surface area contributed by atoms with Crippen LogP contribution in [0.15, 0.2) is 24.3 Å². The number of hydrogen-bond acceptors (Lipinski definition) is 3. The second-order valence-electron chi connectivity index (χ2n) is 5.81. The molecule has 1 saturated heterocycles. The van der Waals surface area contributed by atoms with Crippen molar-refractivity contribution in [2.24, 2.45) is 5.92 Å². The zero-order chi connectivity index (χ0) is 15.2. The Morgan fingerprint density at radius 1 is 1.48 bits per heavy atom. The summed E-state index contributed by atoms with van der Waals surface area (Å²) in [5.41, 5.74) is 0.710. The van der Waals surface area contributed by atoms with E-state index in [1.165, 1.54) is 0 Å². The molecule has 0 radical (unpaired) electrons. The fraction of sp³-hybridized carbons (Fsp3) is 0.588. The van der Waals surface area contributed by atoms with Gasteiger partial charge in [-0.15, -0.1) is 0 Å². The predicted molar refractivity (Wildman–Crippen MR) is 84.8 cm³/mol. The second-order valence-corrected chi connectivity index (χ2v) is 5.81. The molecule has 4 heteroatoms. The molecule has 1 aromatic rings. The minimum absolute atomic E-state index is 0.106. The molecule has 2 atom stereocenters. The molecule has 1 N–H and O–H groups in total. The molecule has 116 valence electrons. The maximum Gasteiger partial charge on any atom is 0.253 e. The Labute approximate surface area is 127 Å². The van der Waals surface area contributed by atoms with Crippen LogP contribution in [-0.2, 0) is 0 Å². The Morgan fingerprint density at radius 2 is 2.29 bits per heavy atom. The van der Waals surface area contributed by atoms with Gasteiger partial charge in [0.05, 0.1) is 7.11 Å². The molecule has 1 fully saturated rings. The van der Waals surface area contributed by atoms with Gasteiger partial charge in [-0.25, -0.2) is 0 Å². The summed E-state index contributed by atoms with van der Waals surface area (Å²) in [6, 6.07) is 7.93. The number of methoxy groups -OCH3 is 1. The van der Waals surface area contributed by atoms with Gasteiger partial charge in [0.1, 0.15) is 5.75 Å². The van der Waals surface area contributed by atoms with Crippen LogP contribution >= 0.6 is 0 Å². The van der Waals surface area contributed by atoms with Crippen molar-refractivity contribution < 1.29 is 9.53 Å². The van der Waals surface area contributed by atoms with Gasteiger partial charge >= 0.3 is 0 Å². The third kappa shape index (κ3) is 3.97. The molecular weight excluding hydrogens is 264 g/mol. The molecular formula is C17H26N2O2. The van der Waals surface area contributed by atoms with Crippen LogP contribution in [0.1, 0.15) is 37.0 Å². The average Bonchev–Trinajstić information content (AvgIpc) is 2.53. The highest BCUT2D eigenvalue weighted by Crippen LogP contribution is 2.20. The lowest BCUT2D eigenvalue weighted by atomic mass is 9.93. The number of carbonyl (C=O) groups excluding carboxylic acids is 1. The first kappa shape index (κ1) is 15.8. The van der Waals surface area contributed by atoms with Crippen molar-refractivity contribution in [3.05, 3.63) is 29.8 Å². The molecule has 0 spiro atoms. The fourth-order valence-electron chi connectivity index (χ4n) is 2.90. The molecule has 0 saturated carbocycles. The van der Waals surface area contributed by atoms with Gasteiger partial charge in [0, 0.05) is 24.7 Å². The molecule has 1 aliphatic rings. The minimum Gasteiger partial charge on any atom is -0.497 e. The number of piperidine rings is 1. The molecule has 2 unspecified atom stereocenters. The largest absolute Gasteiger partial charge is 0.497 e. The van der Waals surface area contributed by atoms with Crippen LogP contribution in [-0.4, -0.2) is 43.6 Å². The molecule has 1 amide bonds. The maximum absolute atomic E-state index is 12.6. The Morgan fingerprint density at radius 3 is 2.95 bits per heavy atom. The van der Waals surface area contributed by atoms with Crippen LogP contribution in [0.25, 0.3) is 0 Å². The van der Waals surface area contributed by atoms with Crippen LogP contribution < -0.4 is 10.1 Å². The van der Waals surface area contributed by atoms with Gasteiger partial charge in [0.2, 0.25) is 0 Å². The number of hydrogen-bond donors (Lipinski definition) is 1. The lowest BCUT2D eigenvalue weighted by Gasteiger charge is -2.37. The van der Waals surface area contributed by atoms with Crippen LogP contribution in [0.3, 0.4) is 0 Å². The number of benzene rings is 1. The molecule has 0 bridgehead atoms. The fourth-order valence-corrected chi connectivity index (χ4v) is 2.90. The molecule has 0 aliphatic carbocycles. The zero-order valence-electron chi connectivity index (χ0n) is 13.3. The first-order valence-electron chi connectivity index (χ1n) is 7.82. The van der Waals surface area contributed by atoms with Crippen LogP contribution in [0.2, 0.25) is 0 Å². The van der Waals surface area contributed by atoms with E-state index >= 15 is 0 Å². The van der Waals surface area contributed by atoms with Gasteiger partial charge in [-0.05, 0) is 43.5 Å². The SMILES string of the molecule is CCCNC1CCN(C(=O)c2cccc(OC)c2)CC1C. The first-order chi connectivity index (χ1) is 10.2. The van der Waals surface area contributed by atoms with E-state index in [1.54, 1.807) is 7.11 Å². The number of ether oxygens (including phenoxy) is 1. The Bertz CT molecular complexity index is 476. The first-order valence-corrected chi connectivity index (χ1v) is 7.82. The van der Waals surface area contributed by atoms with E-state index in [-0.39, 0.29) is 5.91 Å². The summed E-state index contributed by atoms with van der Waals surface area (Å²) in [5, 5.41) is 3.58. The topological polar surface area (TPSA) is 41.6 Å².